The molecule has 192 valence electrons. The summed E-state index contributed by atoms with van der Waals surface area (Å²) in [5.74, 6) is 2.10. The van der Waals surface area contributed by atoms with Crippen LogP contribution in [0, 0.1) is 17.7 Å². The summed E-state index contributed by atoms with van der Waals surface area (Å²) in [7, 11) is 0. The summed E-state index contributed by atoms with van der Waals surface area (Å²) in [6, 6.07) is 11.9. The molecule has 6 nitrogen and oxygen atoms in total. The van der Waals surface area contributed by atoms with Gasteiger partial charge in [0, 0.05) is 17.5 Å². The monoisotopic (exact) mass is 494 g/mol. The van der Waals surface area contributed by atoms with Gasteiger partial charge in [-0.05, 0) is 112 Å². The summed E-state index contributed by atoms with van der Waals surface area (Å²) in [5, 5.41) is 3.22. The van der Waals surface area contributed by atoms with E-state index in [0.29, 0.717) is 23.7 Å². The molecule has 0 bridgehead atoms. The predicted molar refractivity (Wildman–Crippen MR) is 135 cm³/mol. The molecule has 1 amide bonds. The number of ether oxygens (including phenoxy) is 2. The molecule has 2 fully saturated rings. The maximum atomic E-state index is 13.1. The van der Waals surface area contributed by atoms with Gasteiger partial charge < -0.3 is 19.7 Å². The topological polar surface area (TPSA) is 67.9 Å². The number of fused-ring (bicyclic) bond motifs is 1. The van der Waals surface area contributed by atoms with Gasteiger partial charge in [-0.25, -0.2) is 4.39 Å². The molecule has 0 radical (unpaired) electrons. The third-order valence-corrected chi connectivity index (χ3v) is 7.95. The van der Waals surface area contributed by atoms with Gasteiger partial charge in [-0.2, -0.15) is 0 Å². The highest BCUT2D eigenvalue weighted by Gasteiger charge is 2.27. The lowest BCUT2D eigenvalue weighted by atomic mass is 9.83. The Kier molecular flexibility index (Phi) is 7.85. The van der Waals surface area contributed by atoms with Crippen LogP contribution in [0.4, 0.5) is 4.39 Å². The van der Waals surface area contributed by atoms with Crippen LogP contribution < -0.4 is 14.8 Å². The first-order valence-electron chi connectivity index (χ1n) is 13.2. The van der Waals surface area contributed by atoms with Crippen molar-refractivity contribution < 1.29 is 23.5 Å². The molecular weight excluding hydrogens is 459 g/mol. The zero-order valence-corrected chi connectivity index (χ0v) is 20.7. The number of likely N-dealkylation sites (tertiary alicyclic amines) is 1. The highest BCUT2D eigenvalue weighted by Crippen LogP contribution is 2.33. The van der Waals surface area contributed by atoms with Crippen LogP contribution in [0.2, 0.25) is 0 Å². The first kappa shape index (κ1) is 24.8. The molecule has 5 rings (SSSR count). The Morgan fingerprint density at radius 2 is 1.64 bits per heavy atom. The Labute approximate surface area is 212 Å². The van der Waals surface area contributed by atoms with E-state index in [9.17, 15) is 14.0 Å². The number of halogens is 1. The van der Waals surface area contributed by atoms with Crippen LogP contribution in [0.25, 0.3) is 0 Å². The van der Waals surface area contributed by atoms with Gasteiger partial charge in [0.15, 0.2) is 17.3 Å². The Bertz CT molecular complexity index is 1060. The number of nitrogens with zero attached hydrogens (tertiary/aromatic N) is 1. The Morgan fingerprint density at radius 3 is 2.39 bits per heavy atom. The quantitative estimate of drug-likeness (QED) is 0.536. The van der Waals surface area contributed by atoms with Crippen molar-refractivity contribution in [3.63, 3.8) is 0 Å². The number of benzene rings is 2. The third kappa shape index (κ3) is 6.25. The number of amides is 1. The van der Waals surface area contributed by atoms with E-state index < -0.39 is 0 Å². The number of hydrogen-bond acceptors (Lipinski definition) is 5. The van der Waals surface area contributed by atoms with E-state index in [1.165, 1.54) is 18.6 Å². The average molecular weight is 495 g/mol. The smallest absolute Gasteiger partial charge is 0.231 e. The number of ketones is 1. The number of Topliss-reactive ketones (excluding diaryl/α,β-unsaturated/α-hetero) is 1. The summed E-state index contributed by atoms with van der Waals surface area (Å²) in [5.41, 5.74) is 1.56. The lowest BCUT2D eigenvalue weighted by Crippen LogP contribution is -2.40. The number of hydrogen-bond donors (Lipinski definition) is 1. The van der Waals surface area contributed by atoms with E-state index in [0.717, 1.165) is 69.5 Å². The number of carbonyl (C=O) groups is 2. The van der Waals surface area contributed by atoms with Crippen LogP contribution in [0.3, 0.4) is 0 Å². The molecule has 1 N–H and O–H groups in total. The fourth-order valence-electron chi connectivity index (χ4n) is 5.74. The van der Waals surface area contributed by atoms with Crippen molar-refractivity contribution in [2.45, 2.75) is 57.4 Å². The zero-order chi connectivity index (χ0) is 24.9. The molecule has 2 aliphatic heterocycles. The molecule has 2 aromatic carbocycles. The molecule has 0 aromatic heterocycles. The van der Waals surface area contributed by atoms with Crippen molar-refractivity contribution in [3.8, 4) is 11.5 Å². The van der Waals surface area contributed by atoms with Crippen molar-refractivity contribution >= 4 is 11.7 Å². The van der Waals surface area contributed by atoms with E-state index >= 15 is 0 Å². The average Bonchev–Trinajstić information content (AvgIpc) is 3.37. The van der Waals surface area contributed by atoms with Crippen LogP contribution in [-0.4, -0.2) is 49.1 Å². The lowest BCUT2D eigenvalue weighted by Gasteiger charge is -2.34. The first-order chi connectivity index (χ1) is 17.5. The van der Waals surface area contributed by atoms with Crippen LogP contribution in [0.1, 0.15) is 60.9 Å². The van der Waals surface area contributed by atoms with E-state index in [-0.39, 0.29) is 36.3 Å². The van der Waals surface area contributed by atoms with Gasteiger partial charge in [-0.1, -0.05) is 6.07 Å². The fourth-order valence-corrected chi connectivity index (χ4v) is 5.74. The Balaban J connectivity index is 0.977. The highest BCUT2D eigenvalue weighted by molar-refractivity contribution is 5.97. The summed E-state index contributed by atoms with van der Waals surface area (Å²) in [4.78, 5) is 27.7. The fraction of sp³-hybridized carbons (Fsp3) is 0.517. The van der Waals surface area contributed by atoms with Crippen LogP contribution in [0.5, 0.6) is 11.5 Å². The highest BCUT2D eigenvalue weighted by atomic mass is 19.1. The second-order valence-corrected chi connectivity index (χ2v) is 10.4. The van der Waals surface area contributed by atoms with Crippen LogP contribution >= 0.6 is 0 Å². The summed E-state index contributed by atoms with van der Waals surface area (Å²) in [6.45, 7) is 3.21. The van der Waals surface area contributed by atoms with Crippen molar-refractivity contribution in [3.05, 3.63) is 59.4 Å². The third-order valence-electron chi connectivity index (χ3n) is 7.95. The first-order valence-corrected chi connectivity index (χ1v) is 13.2. The van der Waals surface area contributed by atoms with Crippen molar-refractivity contribution in [1.82, 2.24) is 10.2 Å². The van der Waals surface area contributed by atoms with Gasteiger partial charge >= 0.3 is 0 Å². The minimum Gasteiger partial charge on any atom is -0.454 e. The van der Waals surface area contributed by atoms with Crippen molar-refractivity contribution in [1.29, 1.82) is 0 Å². The van der Waals surface area contributed by atoms with E-state index in [4.69, 9.17) is 9.47 Å². The second kappa shape index (κ2) is 11.4. The minimum atomic E-state index is -0.306. The molecule has 1 saturated heterocycles. The normalized spacial score (nSPS) is 22.4. The maximum absolute atomic E-state index is 13.1. The largest absolute Gasteiger partial charge is 0.454 e. The molecule has 2 aromatic rings. The number of piperidine rings is 1. The molecule has 0 atom stereocenters. The standard InChI is InChI=1S/C29H35FN2O4/c30-24-6-4-22(5-7-24)29(34)23-12-15-32(16-13-23)14-11-20-1-8-25(9-2-20)31-28(33)18-21-3-10-26-27(17-21)36-19-35-26/h3-7,10,17,20,23,25H,1-2,8-9,11-16,18-19H2,(H,31,33)/t20-,25-. The summed E-state index contributed by atoms with van der Waals surface area (Å²) < 4.78 is 23.9. The Morgan fingerprint density at radius 1 is 0.917 bits per heavy atom. The van der Waals surface area contributed by atoms with E-state index in [1.54, 1.807) is 12.1 Å². The Hall–Kier alpha value is -2.93. The molecule has 36 heavy (non-hydrogen) atoms. The molecule has 0 unspecified atom stereocenters. The molecule has 1 saturated carbocycles. The van der Waals surface area contributed by atoms with Gasteiger partial charge in [0.1, 0.15) is 5.82 Å². The van der Waals surface area contributed by atoms with E-state index in [1.807, 2.05) is 18.2 Å². The van der Waals surface area contributed by atoms with Crippen molar-refractivity contribution in [2.24, 2.45) is 11.8 Å². The lowest BCUT2D eigenvalue weighted by molar-refractivity contribution is -0.121. The number of nitrogens with one attached hydrogen (secondary N) is 1. The van der Waals surface area contributed by atoms with Gasteiger partial charge in [-0.15, -0.1) is 0 Å². The number of rotatable bonds is 8. The second-order valence-electron chi connectivity index (χ2n) is 10.4. The van der Waals surface area contributed by atoms with E-state index in [2.05, 4.69) is 10.2 Å². The molecule has 1 aliphatic carbocycles. The predicted octanol–water partition coefficient (Wildman–Crippen LogP) is 4.76. The summed E-state index contributed by atoms with van der Waals surface area (Å²) >= 11 is 0. The number of carbonyl (C=O) groups excluding carboxylic acids is 2. The molecule has 0 spiro atoms. The van der Waals surface area contributed by atoms with Gasteiger partial charge in [0.25, 0.3) is 0 Å². The van der Waals surface area contributed by atoms with Crippen molar-refractivity contribution in [2.75, 3.05) is 26.4 Å². The summed E-state index contributed by atoms with van der Waals surface area (Å²) in [6.07, 6.45) is 7.64. The van der Waals surface area contributed by atoms with Gasteiger partial charge in [-0.3, -0.25) is 9.59 Å². The SMILES string of the molecule is O=C(Cc1ccc2c(c1)OCO2)N[C@H]1CC[C@H](CCN2CCC(C(=O)c3ccc(F)cc3)CC2)CC1. The van der Waals surface area contributed by atoms with Crippen LogP contribution in [0.15, 0.2) is 42.5 Å². The van der Waals surface area contributed by atoms with Gasteiger partial charge in [0.2, 0.25) is 12.7 Å². The molecular formula is C29H35FN2O4. The molecule has 7 heteroatoms. The minimum absolute atomic E-state index is 0.0448. The van der Waals surface area contributed by atoms with Crippen LogP contribution in [-0.2, 0) is 11.2 Å². The van der Waals surface area contributed by atoms with Gasteiger partial charge in [0.05, 0.1) is 6.42 Å². The molecule has 3 aliphatic rings. The maximum Gasteiger partial charge on any atom is 0.231 e. The molecule has 2 heterocycles. The zero-order valence-electron chi connectivity index (χ0n) is 20.7.